The quantitative estimate of drug-likeness (QED) is 0.772. The Labute approximate surface area is 93.6 Å². The van der Waals surface area contributed by atoms with E-state index in [-0.39, 0.29) is 0 Å². The molecular weight excluding hydrogens is 206 g/mol. The minimum Gasteiger partial charge on any atom is -0.497 e. The molecule has 0 fully saturated rings. The van der Waals surface area contributed by atoms with Crippen molar-refractivity contribution in [1.82, 2.24) is 4.98 Å². The molecule has 0 unspecified atom stereocenters. The molecule has 2 aromatic rings. The molecule has 0 aliphatic heterocycles. The van der Waals surface area contributed by atoms with Crippen LogP contribution in [0, 0.1) is 13.8 Å². The van der Waals surface area contributed by atoms with E-state index >= 15 is 0 Å². The molecule has 0 aliphatic rings. The van der Waals surface area contributed by atoms with Crippen LogP contribution in [0.25, 0.3) is 10.6 Å². The van der Waals surface area contributed by atoms with Crippen LogP contribution in [0.1, 0.15) is 10.6 Å². The minimum atomic E-state index is 0.873. The number of aryl methyl sites for hydroxylation is 2. The van der Waals surface area contributed by atoms with E-state index in [0.717, 1.165) is 22.0 Å². The lowest BCUT2D eigenvalue weighted by atomic mass is 10.2. The number of hydrogen-bond acceptors (Lipinski definition) is 3. The van der Waals surface area contributed by atoms with Crippen LogP contribution in [-0.2, 0) is 0 Å². The van der Waals surface area contributed by atoms with Gasteiger partial charge in [-0.05, 0) is 26.0 Å². The van der Waals surface area contributed by atoms with Crippen molar-refractivity contribution in [1.29, 1.82) is 0 Å². The van der Waals surface area contributed by atoms with Gasteiger partial charge in [0.25, 0.3) is 0 Å². The Morgan fingerprint density at radius 3 is 2.67 bits per heavy atom. The van der Waals surface area contributed by atoms with Gasteiger partial charge in [0, 0.05) is 10.4 Å². The highest BCUT2D eigenvalue weighted by atomic mass is 32.1. The van der Waals surface area contributed by atoms with E-state index in [9.17, 15) is 0 Å². The Balaban J connectivity index is 2.44. The Morgan fingerprint density at radius 1 is 1.27 bits per heavy atom. The molecule has 2 nitrogen and oxygen atoms in total. The van der Waals surface area contributed by atoms with Gasteiger partial charge in [0.1, 0.15) is 10.8 Å². The smallest absolute Gasteiger partial charge is 0.123 e. The van der Waals surface area contributed by atoms with Crippen molar-refractivity contribution in [2.24, 2.45) is 0 Å². The minimum absolute atomic E-state index is 0.873. The van der Waals surface area contributed by atoms with E-state index in [4.69, 9.17) is 4.74 Å². The lowest BCUT2D eigenvalue weighted by Gasteiger charge is -2.00. The summed E-state index contributed by atoms with van der Waals surface area (Å²) in [6.07, 6.45) is 0. The number of aromatic nitrogens is 1. The molecule has 1 aromatic heterocycles. The first-order valence-electron chi connectivity index (χ1n) is 4.79. The fraction of sp³-hybridized carbons (Fsp3) is 0.250. The second-order valence-corrected chi connectivity index (χ2v) is 4.60. The first-order chi connectivity index (χ1) is 7.20. The van der Waals surface area contributed by atoms with Crippen molar-refractivity contribution in [3.8, 4) is 16.3 Å². The van der Waals surface area contributed by atoms with E-state index in [2.05, 4.69) is 18.0 Å². The normalized spacial score (nSPS) is 10.3. The molecule has 0 saturated heterocycles. The van der Waals surface area contributed by atoms with Crippen LogP contribution in [0.4, 0.5) is 0 Å². The summed E-state index contributed by atoms with van der Waals surface area (Å²) >= 11 is 1.72. The standard InChI is InChI=1S/C12H13NOS/c1-8-9(2)15-12(13-8)10-5-4-6-11(7-10)14-3/h4-7H,1-3H3. The molecule has 78 valence electrons. The average Bonchev–Trinajstić information content (AvgIpc) is 2.59. The second kappa shape index (κ2) is 4.03. The number of benzene rings is 1. The molecule has 0 bridgehead atoms. The number of thiazole rings is 1. The third kappa shape index (κ3) is 2.02. The van der Waals surface area contributed by atoms with Crippen LogP contribution >= 0.6 is 11.3 Å². The number of rotatable bonds is 2. The maximum Gasteiger partial charge on any atom is 0.123 e. The molecule has 0 atom stereocenters. The van der Waals surface area contributed by atoms with Gasteiger partial charge in [-0.1, -0.05) is 12.1 Å². The van der Waals surface area contributed by atoms with E-state index in [0.29, 0.717) is 0 Å². The summed E-state index contributed by atoms with van der Waals surface area (Å²) in [5.41, 5.74) is 2.23. The van der Waals surface area contributed by atoms with Crippen molar-refractivity contribution in [3.05, 3.63) is 34.8 Å². The number of ether oxygens (including phenoxy) is 1. The summed E-state index contributed by atoms with van der Waals surface area (Å²) in [4.78, 5) is 5.79. The molecule has 3 heteroatoms. The number of hydrogen-bond donors (Lipinski definition) is 0. The van der Waals surface area contributed by atoms with Gasteiger partial charge in [0.2, 0.25) is 0 Å². The molecule has 0 spiro atoms. The van der Waals surface area contributed by atoms with Crippen molar-refractivity contribution in [2.45, 2.75) is 13.8 Å². The highest BCUT2D eigenvalue weighted by Gasteiger charge is 2.06. The Hall–Kier alpha value is -1.35. The molecule has 0 saturated carbocycles. The van der Waals surface area contributed by atoms with Crippen LogP contribution in [0.15, 0.2) is 24.3 Å². The molecule has 0 aliphatic carbocycles. The van der Waals surface area contributed by atoms with Crippen LogP contribution in [0.3, 0.4) is 0 Å². The van der Waals surface area contributed by atoms with Crippen molar-refractivity contribution < 1.29 is 4.74 Å². The molecule has 0 amide bonds. The van der Waals surface area contributed by atoms with E-state index in [1.165, 1.54) is 4.88 Å². The van der Waals surface area contributed by atoms with E-state index in [1.807, 2.05) is 25.1 Å². The van der Waals surface area contributed by atoms with Crippen molar-refractivity contribution >= 4 is 11.3 Å². The summed E-state index contributed by atoms with van der Waals surface area (Å²) < 4.78 is 5.19. The summed E-state index contributed by atoms with van der Waals surface area (Å²) in [5.74, 6) is 0.873. The van der Waals surface area contributed by atoms with Crippen LogP contribution < -0.4 is 4.74 Å². The Bertz CT molecular complexity index is 457. The van der Waals surface area contributed by atoms with Gasteiger partial charge in [0.05, 0.1) is 12.8 Å². The van der Waals surface area contributed by atoms with Crippen LogP contribution in [0.5, 0.6) is 5.75 Å². The molecule has 2 rings (SSSR count). The first kappa shape index (κ1) is 10.2. The maximum absolute atomic E-state index is 5.19. The largest absolute Gasteiger partial charge is 0.497 e. The van der Waals surface area contributed by atoms with Gasteiger partial charge in [-0.3, -0.25) is 0 Å². The summed E-state index contributed by atoms with van der Waals surface area (Å²) in [6, 6.07) is 8.00. The molecule has 0 N–H and O–H groups in total. The van der Waals surface area contributed by atoms with Gasteiger partial charge in [-0.15, -0.1) is 11.3 Å². The SMILES string of the molecule is COc1cccc(-c2nc(C)c(C)s2)c1. The number of nitrogens with zero attached hydrogens (tertiary/aromatic N) is 1. The summed E-state index contributed by atoms with van der Waals surface area (Å²) in [7, 11) is 1.68. The zero-order valence-electron chi connectivity index (χ0n) is 9.07. The molecule has 0 radical (unpaired) electrons. The third-order valence-corrected chi connectivity index (χ3v) is 3.47. The van der Waals surface area contributed by atoms with Gasteiger partial charge in [0.15, 0.2) is 0 Å². The summed E-state index contributed by atoms with van der Waals surface area (Å²) in [5, 5.41) is 1.06. The molecular formula is C12H13NOS. The van der Waals surface area contributed by atoms with Crippen molar-refractivity contribution in [2.75, 3.05) is 7.11 Å². The topological polar surface area (TPSA) is 22.1 Å². The average molecular weight is 219 g/mol. The highest BCUT2D eigenvalue weighted by molar-refractivity contribution is 7.15. The highest BCUT2D eigenvalue weighted by Crippen LogP contribution is 2.29. The fourth-order valence-corrected chi connectivity index (χ4v) is 2.26. The third-order valence-electron chi connectivity index (χ3n) is 2.35. The van der Waals surface area contributed by atoms with Crippen LogP contribution in [0.2, 0.25) is 0 Å². The summed E-state index contributed by atoms with van der Waals surface area (Å²) in [6.45, 7) is 4.13. The van der Waals surface area contributed by atoms with Gasteiger partial charge in [-0.25, -0.2) is 4.98 Å². The first-order valence-corrected chi connectivity index (χ1v) is 5.61. The zero-order valence-corrected chi connectivity index (χ0v) is 9.89. The zero-order chi connectivity index (χ0) is 10.8. The van der Waals surface area contributed by atoms with Gasteiger partial charge in [-0.2, -0.15) is 0 Å². The Kier molecular flexibility index (Phi) is 2.73. The Morgan fingerprint density at radius 2 is 2.07 bits per heavy atom. The van der Waals surface area contributed by atoms with Gasteiger partial charge < -0.3 is 4.74 Å². The van der Waals surface area contributed by atoms with Gasteiger partial charge >= 0.3 is 0 Å². The molecule has 1 aromatic carbocycles. The monoisotopic (exact) mass is 219 g/mol. The second-order valence-electron chi connectivity index (χ2n) is 3.39. The van der Waals surface area contributed by atoms with Crippen LogP contribution in [-0.4, -0.2) is 12.1 Å². The molecule has 1 heterocycles. The fourth-order valence-electron chi connectivity index (χ4n) is 1.35. The maximum atomic E-state index is 5.19. The van der Waals surface area contributed by atoms with E-state index in [1.54, 1.807) is 18.4 Å². The van der Waals surface area contributed by atoms with E-state index < -0.39 is 0 Å². The number of methoxy groups -OCH3 is 1. The predicted octanol–water partition coefficient (Wildman–Crippen LogP) is 3.44. The van der Waals surface area contributed by atoms with Crippen molar-refractivity contribution in [3.63, 3.8) is 0 Å². The predicted molar refractivity (Wildman–Crippen MR) is 63.6 cm³/mol. The lowest BCUT2D eigenvalue weighted by Crippen LogP contribution is -1.83. The lowest BCUT2D eigenvalue weighted by molar-refractivity contribution is 0.415. The molecule has 15 heavy (non-hydrogen) atoms.